The summed E-state index contributed by atoms with van der Waals surface area (Å²) < 4.78 is 0. The van der Waals surface area contributed by atoms with Crippen molar-refractivity contribution in [3.63, 3.8) is 0 Å². The highest BCUT2D eigenvalue weighted by Gasteiger charge is 2.26. The largest absolute Gasteiger partial charge is 0.382 e. The summed E-state index contributed by atoms with van der Waals surface area (Å²) >= 11 is 5.98. The molecule has 1 aromatic carbocycles. The van der Waals surface area contributed by atoms with Crippen molar-refractivity contribution in [3.8, 4) is 0 Å². The van der Waals surface area contributed by atoms with Crippen molar-refractivity contribution in [2.24, 2.45) is 11.8 Å². The molecule has 0 radical (unpaired) electrons. The Balaban J connectivity index is 2.09. The molecule has 17 heavy (non-hydrogen) atoms. The Kier molecular flexibility index (Phi) is 3.98. The second-order valence-electron chi connectivity index (χ2n) is 5.48. The van der Waals surface area contributed by atoms with Gasteiger partial charge in [0.25, 0.3) is 0 Å². The van der Waals surface area contributed by atoms with Crippen molar-refractivity contribution in [2.75, 3.05) is 5.32 Å². The van der Waals surface area contributed by atoms with Crippen molar-refractivity contribution < 1.29 is 0 Å². The highest BCUT2D eigenvalue weighted by Crippen LogP contribution is 2.32. The van der Waals surface area contributed by atoms with E-state index >= 15 is 0 Å². The Bertz CT molecular complexity index is 389. The number of benzene rings is 1. The summed E-state index contributed by atoms with van der Waals surface area (Å²) in [5.74, 6) is 1.58. The van der Waals surface area contributed by atoms with Crippen LogP contribution in [0, 0.1) is 18.8 Å². The smallest absolute Gasteiger partial charge is 0.0410 e. The molecule has 2 rings (SSSR count). The number of hydrogen-bond donors (Lipinski definition) is 1. The van der Waals surface area contributed by atoms with Gasteiger partial charge in [-0.2, -0.15) is 0 Å². The molecule has 94 valence electrons. The van der Waals surface area contributed by atoms with Crippen LogP contribution in [-0.4, -0.2) is 6.04 Å². The lowest BCUT2D eigenvalue weighted by atomic mass is 9.78. The fourth-order valence-electron chi connectivity index (χ4n) is 2.77. The lowest BCUT2D eigenvalue weighted by Crippen LogP contribution is -2.35. The van der Waals surface area contributed by atoms with E-state index < -0.39 is 0 Å². The summed E-state index contributed by atoms with van der Waals surface area (Å²) in [7, 11) is 0. The third-order valence-electron chi connectivity index (χ3n) is 4.24. The minimum Gasteiger partial charge on any atom is -0.382 e. The molecular formula is C15H22ClN. The van der Waals surface area contributed by atoms with Crippen LogP contribution < -0.4 is 5.32 Å². The summed E-state index contributed by atoms with van der Waals surface area (Å²) in [5.41, 5.74) is 2.48. The van der Waals surface area contributed by atoms with E-state index in [-0.39, 0.29) is 0 Å². The number of anilines is 1. The fourth-order valence-corrected chi connectivity index (χ4v) is 3.00. The van der Waals surface area contributed by atoms with E-state index in [0.29, 0.717) is 6.04 Å². The lowest BCUT2D eigenvalue weighted by Gasteiger charge is -2.35. The SMILES string of the molecule is Cc1cc(Cl)ccc1NC1CCCC(C)C1C. The lowest BCUT2D eigenvalue weighted by molar-refractivity contribution is 0.253. The van der Waals surface area contributed by atoms with Crippen molar-refractivity contribution >= 4 is 17.3 Å². The van der Waals surface area contributed by atoms with Crippen LogP contribution in [0.25, 0.3) is 0 Å². The molecule has 1 aromatic rings. The number of nitrogens with one attached hydrogen (secondary N) is 1. The predicted octanol–water partition coefficient (Wildman–Crippen LogP) is 4.89. The Morgan fingerprint density at radius 3 is 2.71 bits per heavy atom. The molecule has 0 aromatic heterocycles. The first-order valence-corrected chi connectivity index (χ1v) is 6.98. The fraction of sp³-hybridized carbons (Fsp3) is 0.600. The molecule has 1 fully saturated rings. The van der Waals surface area contributed by atoms with Crippen LogP contribution in [0.1, 0.15) is 38.7 Å². The van der Waals surface area contributed by atoms with Gasteiger partial charge in [0.05, 0.1) is 0 Å². The van der Waals surface area contributed by atoms with E-state index in [1.807, 2.05) is 12.1 Å². The Morgan fingerprint density at radius 2 is 2.00 bits per heavy atom. The zero-order valence-electron chi connectivity index (χ0n) is 11.0. The molecule has 0 saturated heterocycles. The first-order chi connectivity index (χ1) is 8.08. The van der Waals surface area contributed by atoms with Crippen LogP contribution in [0.2, 0.25) is 5.02 Å². The molecule has 0 spiro atoms. The third kappa shape index (κ3) is 2.95. The molecular weight excluding hydrogens is 230 g/mol. The highest BCUT2D eigenvalue weighted by atomic mass is 35.5. The van der Waals surface area contributed by atoms with Gasteiger partial charge in [0.2, 0.25) is 0 Å². The summed E-state index contributed by atoms with van der Waals surface area (Å²) in [5, 5.41) is 4.52. The normalized spacial score (nSPS) is 29.1. The summed E-state index contributed by atoms with van der Waals surface area (Å²) in [6, 6.07) is 6.71. The Labute approximate surface area is 110 Å². The van der Waals surface area contributed by atoms with Gasteiger partial charge in [0, 0.05) is 16.8 Å². The number of hydrogen-bond acceptors (Lipinski definition) is 1. The average molecular weight is 252 g/mol. The summed E-state index contributed by atoms with van der Waals surface area (Å²) in [6.45, 7) is 6.85. The maximum atomic E-state index is 5.98. The Morgan fingerprint density at radius 1 is 1.24 bits per heavy atom. The molecule has 1 nitrogen and oxygen atoms in total. The van der Waals surface area contributed by atoms with Gasteiger partial charge in [-0.1, -0.05) is 38.3 Å². The van der Waals surface area contributed by atoms with Crippen molar-refractivity contribution in [1.29, 1.82) is 0 Å². The van der Waals surface area contributed by atoms with Gasteiger partial charge in [-0.25, -0.2) is 0 Å². The molecule has 0 heterocycles. The van der Waals surface area contributed by atoms with Crippen molar-refractivity contribution in [3.05, 3.63) is 28.8 Å². The molecule has 1 aliphatic carbocycles. The Hall–Kier alpha value is -0.690. The quantitative estimate of drug-likeness (QED) is 0.790. The summed E-state index contributed by atoms with van der Waals surface area (Å²) in [4.78, 5) is 0. The second-order valence-corrected chi connectivity index (χ2v) is 5.91. The predicted molar refractivity (Wildman–Crippen MR) is 75.8 cm³/mol. The van der Waals surface area contributed by atoms with Crippen LogP contribution in [-0.2, 0) is 0 Å². The van der Waals surface area contributed by atoms with Crippen LogP contribution in [0.15, 0.2) is 18.2 Å². The van der Waals surface area contributed by atoms with Crippen LogP contribution >= 0.6 is 11.6 Å². The van der Waals surface area contributed by atoms with Gasteiger partial charge in [-0.05, 0) is 48.9 Å². The van der Waals surface area contributed by atoms with E-state index in [4.69, 9.17) is 11.6 Å². The van der Waals surface area contributed by atoms with Gasteiger partial charge < -0.3 is 5.32 Å². The van der Waals surface area contributed by atoms with E-state index in [0.717, 1.165) is 16.9 Å². The molecule has 1 N–H and O–H groups in total. The molecule has 0 aliphatic heterocycles. The van der Waals surface area contributed by atoms with Gasteiger partial charge in [0.1, 0.15) is 0 Å². The first-order valence-electron chi connectivity index (χ1n) is 6.60. The molecule has 3 unspecified atom stereocenters. The van der Waals surface area contributed by atoms with Gasteiger partial charge in [-0.3, -0.25) is 0 Å². The number of rotatable bonds is 2. The molecule has 1 saturated carbocycles. The van der Waals surface area contributed by atoms with E-state index in [9.17, 15) is 0 Å². The average Bonchev–Trinajstić information content (AvgIpc) is 2.28. The first kappa shape index (κ1) is 12.8. The van der Waals surface area contributed by atoms with E-state index in [1.54, 1.807) is 0 Å². The summed E-state index contributed by atoms with van der Waals surface area (Å²) in [6.07, 6.45) is 4.00. The zero-order valence-corrected chi connectivity index (χ0v) is 11.7. The van der Waals surface area contributed by atoms with Gasteiger partial charge in [0.15, 0.2) is 0 Å². The highest BCUT2D eigenvalue weighted by molar-refractivity contribution is 6.30. The number of halogens is 1. The molecule has 0 amide bonds. The van der Waals surface area contributed by atoms with Crippen LogP contribution in [0.5, 0.6) is 0 Å². The molecule has 3 atom stereocenters. The van der Waals surface area contributed by atoms with Gasteiger partial charge in [-0.15, -0.1) is 0 Å². The van der Waals surface area contributed by atoms with Crippen LogP contribution in [0.4, 0.5) is 5.69 Å². The number of aryl methyl sites for hydroxylation is 1. The van der Waals surface area contributed by atoms with Crippen molar-refractivity contribution in [1.82, 2.24) is 0 Å². The molecule has 0 bridgehead atoms. The standard InChI is InChI=1S/C15H22ClN/c1-10-5-4-6-15(12(10)3)17-14-8-7-13(16)9-11(14)2/h7-10,12,15,17H,4-6H2,1-3H3. The maximum absolute atomic E-state index is 5.98. The van der Waals surface area contributed by atoms with E-state index in [2.05, 4.69) is 32.2 Å². The van der Waals surface area contributed by atoms with Crippen molar-refractivity contribution in [2.45, 2.75) is 46.1 Å². The minimum absolute atomic E-state index is 0.610. The third-order valence-corrected chi connectivity index (χ3v) is 4.47. The second kappa shape index (κ2) is 5.30. The van der Waals surface area contributed by atoms with Gasteiger partial charge >= 0.3 is 0 Å². The maximum Gasteiger partial charge on any atom is 0.0410 e. The van der Waals surface area contributed by atoms with E-state index in [1.165, 1.54) is 30.5 Å². The monoisotopic (exact) mass is 251 g/mol. The van der Waals surface area contributed by atoms with Crippen LogP contribution in [0.3, 0.4) is 0 Å². The zero-order chi connectivity index (χ0) is 12.4. The molecule has 2 heteroatoms. The molecule has 1 aliphatic rings. The topological polar surface area (TPSA) is 12.0 Å². The minimum atomic E-state index is 0.610.